The van der Waals surface area contributed by atoms with E-state index in [4.69, 9.17) is 5.11 Å². The van der Waals surface area contributed by atoms with Crippen LogP contribution in [0.3, 0.4) is 0 Å². The second-order valence-electron chi connectivity index (χ2n) is 3.72. The fourth-order valence-electron chi connectivity index (χ4n) is 1.49. The SMILES string of the molecule is CC(O)C[CH]c1ccc2ccccc2n1. The highest BCUT2D eigenvalue weighted by atomic mass is 16.3. The third-order valence-corrected chi connectivity index (χ3v) is 2.29. The third kappa shape index (κ3) is 2.54. The first-order valence-corrected chi connectivity index (χ1v) is 5.13. The summed E-state index contributed by atoms with van der Waals surface area (Å²) in [6.45, 7) is 1.78. The van der Waals surface area contributed by atoms with Crippen molar-refractivity contribution in [3.63, 3.8) is 0 Å². The molecule has 2 nitrogen and oxygen atoms in total. The molecule has 15 heavy (non-hydrogen) atoms. The number of pyridine rings is 1. The van der Waals surface area contributed by atoms with E-state index in [1.54, 1.807) is 6.92 Å². The minimum atomic E-state index is -0.307. The summed E-state index contributed by atoms with van der Waals surface area (Å²) in [6.07, 6.45) is 2.29. The minimum absolute atomic E-state index is 0.307. The van der Waals surface area contributed by atoms with Gasteiger partial charge in [-0.05, 0) is 25.5 Å². The second kappa shape index (κ2) is 4.41. The van der Waals surface area contributed by atoms with Crippen molar-refractivity contribution in [2.45, 2.75) is 19.4 Å². The smallest absolute Gasteiger partial charge is 0.0705 e. The van der Waals surface area contributed by atoms with E-state index in [0.717, 1.165) is 16.6 Å². The first-order valence-electron chi connectivity index (χ1n) is 5.13. The average Bonchev–Trinajstić information content (AvgIpc) is 2.26. The lowest BCUT2D eigenvalue weighted by Crippen LogP contribution is -2.00. The fraction of sp³-hybridized carbons (Fsp3) is 0.231. The highest BCUT2D eigenvalue weighted by molar-refractivity contribution is 5.78. The highest BCUT2D eigenvalue weighted by Crippen LogP contribution is 2.13. The van der Waals surface area contributed by atoms with Crippen LogP contribution in [0.2, 0.25) is 0 Å². The number of para-hydroxylation sites is 1. The van der Waals surface area contributed by atoms with Crippen LogP contribution in [0.5, 0.6) is 0 Å². The number of hydrogen-bond donors (Lipinski definition) is 1. The van der Waals surface area contributed by atoms with Crippen molar-refractivity contribution >= 4 is 10.9 Å². The van der Waals surface area contributed by atoms with Gasteiger partial charge >= 0.3 is 0 Å². The standard InChI is InChI=1S/C13H14NO/c1-10(15)6-8-12-9-7-11-4-2-3-5-13(11)14-12/h2-5,7-10,15H,6H2,1H3. The van der Waals surface area contributed by atoms with E-state index in [1.165, 1.54) is 0 Å². The van der Waals surface area contributed by atoms with E-state index in [9.17, 15) is 0 Å². The fourth-order valence-corrected chi connectivity index (χ4v) is 1.49. The van der Waals surface area contributed by atoms with Crippen molar-refractivity contribution in [3.8, 4) is 0 Å². The van der Waals surface area contributed by atoms with E-state index >= 15 is 0 Å². The molecule has 1 N–H and O–H groups in total. The summed E-state index contributed by atoms with van der Waals surface area (Å²) < 4.78 is 0. The molecule has 77 valence electrons. The summed E-state index contributed by atoms with van der Waals surface area (Å²) >= 11 is 0. The van der Waals surface area contributed by atoms with Crippen molar-refractivity contribution in [3.05, 3.63) is 48.5 Å². The van der Waals surface area contributed by atoms with Gasteiger partial charge in [-0.15, -0.1) is 0 Å². The molecule has 1 aromatic carbocycles. The van der Waals surface area contributed by atoms with Crippen molar-refractivity contribution in [1.29, 1.82) is 0 Å². The lowest BCUT2D eigenvalue weighted by molar-refractivity contribution is 0.195. The molecule has 1 atom stereocenters. The second-order valence-corrected chi connectivity index (χ2v) is 3.72. The zero-order chi connectivity index (χ0) is 10.7. The number of aliphatic hydroxyl groups excluding tert-OH is 1. The number of aliphatic hydroxyl groups is 1. The molecule has 0 aliphatic carbocycles. The monoisotopic (exact) mass is 200 g/mol. The number of nitrogens with zero attached hydrogens (tertiary/aromatic N) is 1. The Morgan fingerprint density at radius 1 is 1.27 bits per heavy atom. The summed E-state index contributed by atoms with van der Waals surface area (Å²) in [5.41, 5.74) is 1.92. The van der Waals surface area contributed by atoms with Crippen LogP contribution in [0.25, 0.3) is 10.9 Å². The predicted molar refractivity (Wildman–Crippen MR) is 61.4 cm³/mol. The molecule has 1 heterocycles. The molecule has 0 bridgehead atoms. The van der Waals surface area contributed by atoms with Crippen molar-refractivity contribution < 1.29 is 5.11 Å². The molecule has 1 unspecified atom stereocenters. The van der Waals surface area contributed by atoms with Crippen LogP contribution in [-0.4, -0.2) is 16.2 Å². The number of fused-ring (bicyclic) bond motifs is 1. The van der Waals surface area contributed by atoms with Gasteiger partial charge in [0.25, 0.3) is 0 Å². The molecular formula is C13H14NO. The van der Waals surface area contributed by atoms with E-state index in [0.29, 0.717) is 6.42 Å². The maximum Gasteiger partial charge on any atom is 0.0705 e. The Morgan fingerprint density at radius 3 is 2.87 bits per heavy atom. The summed E-state index contributed by atoms with van der Waals surface area (Å²) in [5.74, 6) is 0. The molecule has 1 radical (unpaired) electrons. The molecule has 0 spiro atoms. The van der Waals surface area contributed by atoms with E-state index < -0.39 is 0 Å². The number of hydrogen-bond acceptors (Lipinski definition) is 2. The Hall–Kier alpha value is -1.41. The molecule has 0 aliphatic heterocycles. The Labute approximate surface area is 89.6 Å². The van der Waals surface area contributed by atoms with Crippen LogP contribution in [0, 0.1) is 6.42 Å². The van der Waals surface area contributed by atoms with Gasteiger partial charge in [0.1, 0.15) is 0 Å². The summed E-state index contributed by atoms with van der Waals surface area (Å²) in [7, 11) is 0. The molecule has 0 saturated carbocycles. The van der Waals surface area contributed by atoms with Gasteiger partial charge < -0.3 is 5.11 Å². The lowest BCUT2D eigenvalue weighted by atomic mass is 10.1. The molecule has 0 saturated heterocycles. The Bertz CT molecular complexity index is 451. The zero-order valence-electron chi connectivity index (χ0n) is 8.72. The normalized spacial score (nSPS) is 12.9. The quantitative estimate of drug-likeness (QED) is 0.826. The third-order valence-electron chi connectivity index (χ3n) is 2.29. The van der Waals surface area contributed by atoms with Crippen LogP contribution in [0.4, 0.5) is 0 Å². The molecule has 2 rings (SSSR count). The van der Waals surface area contributed by atoms with Crippen molar-refractivity contribution in [2.24, 2.45) is 0 Å². The van der Waals surface area contributed by atoms with E-state index in [2.05, 4.69) is 11.1 Å². The Morgan fingerprint density at radius 2 is 2.07 bits per heavy atom. The lowest BCUT2D eigenvalue weighted by Gasteiger charge is -2.04. The van der Waals surface area contributed by atoms with Crippen LogP contribution >= 0.6 is 0 Å². The van der Waals surface area contributed by atoms with Crippen molar-refractivity contribution in [1.82, 2.24) is 4.98 Å². The van der Waals surface area contributed by atoms with Gasteiger partial charge in [-0.2, -0.15) is 0 Å². The van der Waals surface area contributed by atoms with E-state index in [-0.39, 0.29) is 6.10 Å². The highest BCUT2D eigenvalue weighted by Gasteiger charge is 2.00. The molecule has 0 amide bonds. The molecule has 0 aliphatic rings. The molecule has 2 aromatic rings. The Balaban J connectivity index is 2.23. The first-order chi connectivity index (χ1) is 7.25. The summed E-state index contributed by atoms with van der Waals surface area (Å²) in [5, 5.41) is 10.3. The average molecular weight is 200 g/mol. The van der Waals surface area contributed by atoms with Gasteiger partial charge in [-0.3, -0.25) is 4.98 Å². The molecule has 1 aromatic heterocycles. The zero-order valence-corrected chi connectivity index (χ0v) is 8.72. The molecule has 2 heteroatoms. The number of benzene rings is 1. The maximum atomic E-state index is 9.17. The largest absolute Gasteiger partial charge is 0.393 e. The Kier molecular flexibility index (Phi) is 2.97. The van der Waals surface area contributed by atoms with Gasteiger partial charge in [0.2, 0.25) is 0 Å². The van der Waals surface area contributed by atoms with Crippen LogP contribution in [0.1, 0.15) is 19.0 Å². The van der Waals surface area contributed by atoms with Gasteiger partial charge in [0.05, 0.1) is 11.6 Å². The summed E-state index contributed by atoms with van der Waals surface area (Å²) in [6, 6.07) is 12.0. The molecular weight excluding hydrogens is 186 g/mol. The van der Waals surface area contributed by atoms with Gasteiger partial charge in [-0.25, -0.2) is 0 Å². The van der Waals surface area contributed by atoms with Crippen LogP contribution in [-0.2, 0) is 0 Å². The predicted octanol–water partition coefficient (Wildman–Crippen LogP) is 2.56. The van der Waals surface area contributed by atoms with Gasteiger partial charge in [-0.1, -0.05) is 24.3 Å². The van der Waals surface area contributed by atoms with Crippen LogP contribution in [0.15, 0.2) is 36.4 Å². The topological polar surface area (TPSA) is 33.1 Å². The summed E-state index contributed by atoms with van der Waals surface area (Å²) in [4.78, 5) is 4.48. The minimum Gasteiger partial charge on any atom is -0.393 e. The van der Waals surface area contributed by atoms with Crippen molar-refractivity contribution in [2.75, 3.05) is 0 Å². The molecule has 0 fully saturated rings. The van der Waals surface area contributed by atoms with Crippen LogP contribution < -0.4 is 0 Å². The van der Waals surface area contributed by atoms with Gasteiger partial charge in [0, 0.05) is 17.5 Å². The van der Waals surface area contributed by atoms with E-state index in [1.807, 2.05) is 36.8 Å². The maximum absolute atomic E-state index is 9.17. The van der Waals surface area contributed by atoms with Gasteiger partial charge in [0.15, 0.2) is 0 Å². The number of rotatable bonds is 3. The number of aromatic nitrogens is 1. The first kappa shape index (κ1) is 10.1.